The maximum absolute atomic E-state index is 11.6. The predicted molar refractivity (Wildman–Crippen MR) is 70.8 cm³/mol. The fraction of sp³-hybridized carbons (Fsp3) is 0.429. The number of carbonyl (C=O) groups is 2. The highest BCUT2D eigenvalue weighted by Gasteiger charge is 2.16. The van der Waals surface area contributed by atoms with Crippen molar-refractivity contribution in [3.05, 3.63) is 29.3 Å². The largest absolute Gasteiger partial charge is 0.444 e. The van der Waals surface area contributed by atoms with Gasteiger partial charge in [-0.15, -0.1) is 0 Å². The van der Waals surface area contributed by atoms with Crippen LogP contribution in [0.3, 0.4) is 0 Å². The molecule has 1 N–H and O–H groups in total. The van der Waals surface area contributed by atoms with Crippen LogP contribution in [0, 0.1) is 6.92 Å². The van der Waals surface area contributed by atoms with Crippen LogP contribution in [0.25, 0.3) is 0 Å². The first-order valence-corrected chi connectivity index (χ1v) is 5.85. The van der Waals surface area contributed by atoms with Crippen molar-refractivity contribution >= 4 is 18.1 Å². The molecule has 0 fully saturated rings. The zero-order valence-corrected chi connectivity index (χ0v) is 11.2. The summed E-state index contributed by atoms with van der Waals surface area (Å²) < 4.78 is 5.17. The van der Waals surface area contributed by atoms with Crippen molar-refractivity contribution in [2.45, 2.75) is 39.7 Å². The summed E-state index contributed by atoms with van der Waals surface area (Å²) in [5, 5.41) is 2.69. The van der Waals surface area contributed by atoms with Gasteiger partial charge in [-0.3, -0.25) is 5.32 Å². The van der Waals surface area contributed by atoms with Gasteiger partial charge in [0.2, 0.25) is 0 Å². The maximum atomic E-state index is 11.6. The Morgan fingerprint density at radius 3 is 2.56 bits per heavy atom. The summed E-state index contributed by atoms with van der Waals surface area (Å²) in [6, 6.07) is 5.47. The van der Waals surface area contributed by atoms with Crippen LogP contribution >= 0.6 is 0 Å². The Morgan fingerprint density at radius 2 is 2.06 bits per heavy atom. The zero-order chi connectivity index (χ0) is 13.8. The maximum Gasteiger partial charge on any atom is 0.412 e. The summed E-state index contributed by atoms with van der Waals surface area (Å²) in [5.74, 6) is 0. The average Bonchev–Trinajstić information content (AvgIpc) is 2.20. The van der Waals surface area contributed by atoms with Gasteiger partial charge >= 0.3 is 6.09 Å². The monoisotopic (exact) mass is 249 g/mol. The van der Waals surface area contributed by atoms with Gasteiger partial charge in [0.15, 0.2) is 0 Å². The molecule has 1 rings (SSSR count). The molecule has 0 spiro atoms. The fourth-order valence-corrected chi connectivity index (χ4v) is 1.50. The number of rotatable bonds is 3. The van der Waals surface area contributed by atoms with E-state index in [2.05, 4.69) is 5.32 Å². The molecule has 0 bridgehead atoms. The average molecular weight is 249 g/mol. The molecule has 0 aliphatic heterocycles. The van der Waals surface area contributed by atoms with E-state index in [-0.39, 0.29) is 0 Å². The van der Waals surface area contributed by atoms with E-state index in [9.17, 15) is 9.59 Å². The lowest BCUT2D eigenvalue weighted by Gasteiger charge is -2.20. The van der Waals surface area contributed by atoms with Crippen molar-refractivity contribution in [3.63, 3.8) is 0 Å². The lowest BCUT2D eigenvalue weighted by Crippen LogP contribution is -2.27. The molecule has 4 heteroatoms. The molecular weight excluding hydrogens is 230 g/mol. The second-order valence-electron chi connectivity index (χ2n) is 5.15. The van der Waals surface area contributed by atoms with E-state index in [1.807, 2.05) is 39.8 Å². The van der Waals surface area contributed by atoms with Crippen LogP contribution in [-0.2, 0) is 16.0 Å². The van der Waals surface area contributed by atoms with Gasteiger partial charge in [-0.2, -0.15) is 0 Å². The Labute approximate surface area is 107 Å². The van der Waals surface area contributed by atoms with Gasteiger partial charge in [-0.1, -0.05) is 12.1 Å². The number of nitrogens with one attached hydrogen (secondary N) is 1. The van der Waals surface area contributed by atoms with Gasteiger partial charge < -0.3 is 9.53 Å². The lowest BCUT2D eigenvalue weighted by molar-refractivity contribution is -0.107. The molecule has 1 amide bonds. The quantitative estimate of drug-likeness (QED) is 0.837. The van der Waals surface area contributed by atoms with E-state index in [1.165, 1.54) is 0 Å². The number of ether oxygens (including phenoxy) is 1. The van der Waals surface area contributed by atoms with Gasteiger partial charge in [0.05, 0.1) is 0 Å². The number of aldehydes is 1. The molecular formula is C14H19NO3. The smallest absolute Gasteiger partial charge is 0.412 e. The normalized spacial score (nSPS) is 10.9. The van der Waals surface area contributed by atoms with Gasteiger partial charge in [0.25, 0.3) is 0 Å². The minimum Gasteiger partial charge on any atom is -0.444 e. The molecule has 98 valence electrons. The fourth-order valence-electron chi connectivity index (χ4n) is 1.50. The Hall–Kier alpha value is -1.84. The number of carbonyl (C=O) groups excluding carboxylic acids is 2. The Bertz CT molecular complexity index is 447. The molecule has 18 heavy (non-hydrogen) atoms. The first kappa shape index (κ1) is 14.2. The van der Waals surface area contributed by atoms with E-state index in [0.29, 0.717) is 12.1 Å². The summed E-state index contributed by atoms with van der Waals surface area (Å²) in [6.45, 7) is 7.31. The lowest BCUT2D eigenvalue weighted by atomic mass is 10.1. The van der Waals surface area contributed by atoms with Crippen LogP contribution < -0.4 is 5.32 Å². The minimum absolute atomic E-state index is 0.382. The second kappa shape index (κ2) is 5.67. The third-order valence-electron chi connectivity index (χ3n) is 2.25. The Balaban J connectivity index is 2.73. The molecule has 4 nitrogen and oxygen atoms in total. The summed E-state index contributed by atoms with van der Waals surface area (Å²) in [7, 11) is 0. The molecule has 0 aliphatic carbocycles. The summed E-state index contributed by atoms with van der Waals surface area (Å²) in [4.78, 5) is 22.0. The van der Waals surface area contributed by atoms with Crippen LogP contribution in [0.15, 0.2) is 18.2 Å². The Morgan fingerprint density at radius 1 is 1.39 bits per heavy atom. The topological polar surface area (TPSA) is 55.4 Å². The molecule has 0 aliphatic rings. The van der Waals surface area contributed by atoms with Crippen LogP contribution in [0.2, 0.25) is 0 Å². The van der Waals surface area contributed by atoms with Gasteiger partial charge in [-0.05, 0) is 44.9 Å². The number of hydrogen-bond donors (Lipinski definition) is 1. The van der Waals surface area contributed by atoms with Gasteiger partial charge in [-0.25, -0.2) is 4.79 Å². The molecule has 0 atom stereocenters. The van der Waals surface area contributed by atoms with Crippen LogP contribution in [0.5, 0.6) is 0 Å². The summed E-state index contributed by atoms with van der Waals surface area (Å²) in [6.07, 6.45) is 0.761. The van der Waals surface area contributed by atoms with Crippen LogP contribution in [0.4, 0.5) is 10.5 Å². The number of aryl methyl sites for hydroxylation is 1. The van der Waals surface area contributed by atoms with Gasteiger partial charge in [0.1, 0.15) is 11.9 Å². The van der Waals surface area contributed by atoms with Crippen LogP contribution in [0.1, 0.15) is 31.9 Å². The Kier molecular flexibility index (Phi) is 4.48. The van der Waals surface area contributed by atoms with E-state index in [0.717, 1.165) is 17.4 Å². The number of amides is 1. The highest BCUT2D eigenvalue weighted by molar-refractivity contribution is 5.86. The van der Waals surface area contributed by atoms with Crippen molar-refractivity contribution in [1.29, 1.82) is 0 Å². The van der Waals surface area contributed by atoms with Crippen molar-refractivity contribution < 1.29 is 14.3 Å². The van der Waals surface area contributed by atoms with E-state index in [4.69, 9.17) is 4.74 Å². The summed E-state index contributed by atoms with van der Waals surface area (Å²) >= 11 is 0. The first-order valence-electron chi connectivity index (χ1n) is 5.85. The molecule has 0 heterocycles. The SMILES string of the molecule is Cc1cc(CC=O)ccc1NC(=O)OC(C)(C)C. The third-order valence-corrected chi connectivity index (χ3v) is 2.25. The minimum atomic E-state index is -0.518. The van der Waals surface area contributed by atoms with Crippen molar-refractivity contribution in [3.8, 4) is 0 Å². The molecule has 0 radical (unpaired) electrons. The number of hydrogen-bond acceptors (Lipinski definition) is 3. The zero-order valence-electron chi connectivity index (χ0n) is 11.2. The molecule has 1 aromatic rings. The summed E-state index contributed by atoms with van der Waals surface area (Å²) in [5.41, 5.74) is 2.01. The highest BCUT2D eigenvalue weighted by Crippen LogP contribution is 2.18. The third kappa shape index (κ3) is 4.57. The molecule has 1 aromatic carbocycles. The van der Waals surface area contributed by atoms with E-state index in [1.54, 1.807) is 6.07 Å². The van der Waals surface area contributed by atoms with Crippen molar-refractivity contribution in [2.75, 3.05) is 5.32 Å². The molecule has 0 saturated carbocycles. The van der Waals surface area contributed by atoms with Crippen LogP contribution in [-0.4, -0.2) is 18.0 Å². The molecule has 0 aromatic heterocycles. The van der Waals surface area contributed by atoms with E-state index >= 15 is 0 Å². The van der Waals surface area contributed by atoms with Crippen molar-refractivity contribution in [2.24, 2.45) is 0 Å². The predicted octanol–water partition coefficient (Wildman–Crippen LogP) is 3.08. The van der Waals surface area contributed by atoms with Crippen molar-refractivity contribution in [1.82, 2.24) is 0 Å². The first-order chi connectivity index (χ1) is 8.31. The number of anilines is 1. The van der Waals surface area contributed by atoms with E-state index < -0.39 is 11.7 Å². The standard InChI is InChI=1S/C14H19NO3/c1-10-9-11(7-8-16)5-6-12(10)15-13(17)18-14(2,3)4/h5-6,8-9H,7H2,1-4H3,(H,15,17). The molecule has 0 saturated heterocycles. The number of benzene rings is 1. The molecule has 0 unspecified atom stereocenters. The highest BCUT2D eigenvalue weighted by atomic mass is 16.6. The van der Waals surface area contributed by atoms with Gasteiger partial charge in [0, 0.05) is 12.1 Å². The second-order valence-corrected chi connectivity index (χ2v) is 5.15.